The van der Waals surface area contributed by atoms with Gasteiger partial charge in [-0.15, -0.1) is 11.3 Å². The zero-order valence-electron chi connectivity index (χ0n) is 14.4. The van der Waals surface area contributed by atoms with Crippen LogP contribution in [0.4, 0.5) is 5.00 Å². The maximum absolute atomic E-state index is 12.8. The number of hydrogen-bond donors (Lipinski definition) is 2. The Morgan fingerprint density at radius 2 is 2.04 bits per heavy atom. The molecule has 26 heavy (non-hydrogen) atoms. The number of aromatic nitrogens is 1. The molecule has 2 aliphatic rings. The summed E-state index contributed by atoms with van der Waals surface area (Å²) in [5, 5.41) is 8.96. The lowest BCUT2D eigenvalue weighted by atomic mass is 9.94. The van der Waals surface area contributed by atoms with Crippen molar-refractivity contribution in [1.82, 2.24) is 10.3 Å². The molecule has 0 saturated heterocycles. The maximum Gasteiger partial charge on any atom is 0.256 e. The van der Waals surface area contributed by atoms with Crippen LogP contribution in [0.1, 0.15) is 50.9 Å². The number of nitrogens with one attached hydrogen (secondary N) is 2. The van der Waals surface area contributed by atoms with Crippen LogP contribution in [0, 0.1) is 6.92 Å². The second kappa shape index (κ2) is 5.96. The van der Waals surface area contributed by atoms with Gasteiger partial charge in [0.15, 0.2) is 0 Å². The molecule has 4 nitrogen and oxygen atoms in total. The summed E-state index contributed by atoms with van der Waals surface area (Å²) in [4.78, 5) is 18.7. The summed E-state index contributed by atoms with van der Waals surface area (Å²) in [5.74, 6) is -0.0109. The van der Waals surface area contributed by atoms with Crippen molar-refractivity contribution in [3.63, 3.8) is 0 Å². The molecule has 1 aromatic carbocycles. The molecule has 3 heterocycles. The molecule has 1 atom stereocenters. The highest BCUT2D eigenvalue weighted by molar-refractivity contribution is 7.16. The SMILES string of the molecule is Cc1ccc2cc([C@@H]3NC(=O)c4c(sc5c4CCCC5)N3)c(Cl)nc2c1. The van der Waals surface area contributed by atoms with Gasteiger partial charge in [-0.25, -0.2) is 4.98 Å². The number of hydrogen-bond acceptors (Lipinski definition) is 4. The molecule has 0 bridgehead atoms. The molecule has 0 radical (unpaired) electrons. The number of aryl methyl sites for hydroxylation is 2. The van der Waals surface area contributed by atoms with Crippen molar-refractivity contribution >= 4 is 44.7 Å². The maximum atomic E-state index is 12.8. The number of pyridine rings is 1. The van der Waals surface area contributed by atoms with Gasteiger partial charge in [0.05, 0.1) is 11.1 Å². The van der Waals surface area contributed by atoms with Crippen molar-refractivity contribution in [2.75, 3.05) is 5.32 Å². The number of carbonyl (C=O) groups excluding carboxylic acids is 1. The van der Waals surface area contributed by atoms with E-state index in [9.17, 15) is 4.79 Å². The normalized spacial score (nSPS) is 18.8. The Balaban J connectivity index is 1.57. The topological polar surface area (TPSA) is 54.0 Å². The Hall–Kier alpha value is -2.11. The van der Waals surface area contributed by atoms with E-state index in [0.717, 1.165) is 51.9 Å². The van der Waals surface area contributed by atoms with Gasteiger partial charge in [-0.1, -0.05) is 23.7 Å². The summed E-state index contributed by atoms with van der Waals surface area (Å²) in [6.45, 7) is 2.03. The summed E-state index contributed by atoms with van der Waals surface area (Å²) >= 11 is 8.18. The molecule has 3 aromatic rings. The first kappa shape index (κ1) is 16.1. The average Bonchev–Trinajstić information content (AvgIpc) is 2.99. The van der Waals surface area contributed by atoms with Crippen molar-refractivity contribution < 1.29 is 4.79 Å². The zero-order chi connectivity index (χ0) is 17.8. The minimum atomic E-state index is -0.360. The molecular formula is C20H18ClN3OS. The predicted molar refractivity (Wildman–Crippen MR) is 106 cm³/mol. The first-order valence-electron chi connectivity index (χ1n) is 8.89. The van der Waals surface area contributed by atoms with Crippen molar-refractivity contribution in [2.45, 2.75) is 38.8 Å². The number of rotatable bonds is 1. The van der Waals surface area contributed by atoms with Crippen molar-refractivity contribution in [3.8, 4) is 0 Å². The lowest BCUT2D eigenvalue weighted by molar-refractivity contribution is 0.0935. The fourth-order valence-electron chi connectivity index (χ4n) is 3.91. The zero-order valence-corrected chi connectivity index (χ0v) is 15.9. The quantitative estimate of drug-likeness (QED) is 0.582. The Labute approximate surface area is 160 Å². The number of benzene rings is 1. The Morgan fingerprint density at radius 1 is 1.19 bits per heavy atom. The molecular weight excluding hydrogens is 366 g/mol. The minimum Gasteiger partial charge on any atom is -0.353 e. The van der Waals surface area contributed by atoms with Crippen LogP contribution in [0.3, 0.4) is 0 Å². The van der Waals surface area contributed by atoms with Gasteiger partial charge < -0.3 is 10.6 Å². The molecule has 2 N–H and O–H groups in total. The van der Waals surface area contributed by atoms with Crippen LogP contribution in [0.25, 0.3) is 10.9 Å². The Bertz CT molecular complexity index is 1060. The number of anilines is 1. The van der Waals surface area contributed by atoms with E-state index in [1.54, 1.807) is 11.3 Å². The summed E-state index contributed by atoms with van der Waals surface area (Å²) in [6, 6.07) is 8.13. The van der Waals surface area contributed by atoms with Crippen molar-refractivity contribution in [3.05, 3.63) is 56.5 Å². The van der Waals surface area contributed by atoms with Gasteiger partial charge in [-0.3, -0.25) is 4.79 Å². The first-order valence-corrected chi connectivity index (χ1v) is 10.1. The van der Waals surface area contributed by atoms with Crippen LogP contribution in [0.15, 0.2) is 24.3 Å². The highest BCUT2D eigenvalue weighted by Crippen LogP contribution is 2.42. The molecule has 0 spiro atoms. The molecule has 1 aliphatic carbocycles. The predicted octanol–water partition coefficient (Wildman–Crippen LogP) is 4.99. The lowest BCUT2D eigenvalue weighted by Crippen LogP contribution is -2.38. The third-order valence-corrected chi connectivity index (χ3v) is 6.74. The van der Waals surface area contributed by atoms with Gasteiger partial charge in [0.1, 0.15) is 16.3 Å². The largest absolute Gasteiger partial charge is 0.353 e. The van der Waals surface area contributed by atoms with Crippen LogP contribution < -0.4 is 10.6 Å². The van der Waals surface area contributed by atoms with Gasteiger partial charge in [0.2, 0.25) is 0 Å². The van der Waals surface area contributed by atoms with E-state index < -0.39 is 0 Å². The summed E-state index contributed by atoms with van der Waals surface area (Å²) in [5.41, 5.74) is 4.88. The number of amides is 1. The van der Waals surface area contributed by atoms with Gasteiger partial charge in [-0.2, -0.15) is 0 Å². The fraction of sp³-hybridized carbons (Fsp3) is 0.300. The summed E-state index contributed by atoms with van der Waals surface area (Å²) in [7, 11) is 0. The first-order chi connectivity index (χ1) is 12.6. The minimum absolute atomic E-state index is 0.0109. The summed E-state index contributed by atoms with van der Waals surface area (Å²) in [6.07, 6.45) is 4.08. The number of carbonyl (C=O) groups is 1. The monoisotopic (exact) mass is 383 g/mol. The molecule has 0 unspecified atom stereocenters. The highest BCUT2D eigenvalue weighted by atomic mass is 35.5. The van der Waals surface area contributed by atoms with Crippen molar-refractivity contribution in [2.24, 2.45) is 0 Å². The van der Waals surface area contributed by atoms with E-state index >= 15 is 0 Å². The van der Waals surface area contributed by atoms with E-state index in [4.69, 9.17) is 11.6 Å². The molecule has 1 aliphatic heterocycles. The van der Waals surface area contributed by atoms with Crippen molar-refractivity contribution in [1.29, 1.82) is 0 Å². The van der Waals surface area contributed by atoms with E-state index in [2.05, 4.69) is 21.7 Å². The number of thiophene rings is 1. The molecule has 1 amide bonds. The molecule has 5 rings (SSSR count). The number of fused-ring (bicyclic) bond motifs is 4. The van der Waals surface area contributed by atoms with Crippen LogP contribution in [-0.2, 0) is 12.8 Å². The second-order valence-electron chi connectivity index (χ2n) is 7.03. The van der Waals surface area contributed by atoms with Crippen LogP contribution in [0.2, 0.25) is 5.15 Å². The van der Waals surface area contributed by atoms with Crippen LogP contribution >= 0.6 is 22.9 Å². The van der Waals surface area contributed by atoms with E-state index in [0.29, 0.717) is 5.15 Å². The average molecular weight is 384 g/mol. The van der Waals surface area contributed by atoms with Gasteiger partial charge in [0.25, 0.3) is 5.91 Å². The smallest absolute Gasteiger partial charge is 0.256 e. The standard InChI is InChI=1S/C20H18ClN3OS/c1-10-6-7-11-9-13(17(21)22-14(11)8-10)18-23-19(25)16-12-4-2-3-5-15(12)26-20(16)24-18/h6-9,18,24H,2-5H2,1H3,(H,23,25)/t18-/m1/s1. The third kappa shape index (κ3) is 2.49. The number of nitrogens with zero attached hydrogens (tertiary/aromatic N) is 1. The number of halogens is 1. The second-order valence-corrected chi connectivity index (χ2v) is 8.49. The fourth-order valence-corrected chi connectivity index (χ4v) is 5.48. The van der Waals surface area contributed by atoms with E-state index in [1.807, 2.05) is 25.1 Å². The molecule has 2 aromatic heterocycles. The summed E-state index contributed by atoms with van der Waals surface area (Å²) < 4.78 is 0. The van der Waals surface area contributed by atoms with Gasteiger partial charge >= 0.3 is 0 Å². The third-order valence-electron chi connectivity index (χ3n) is 5.21. The molecule has 132 valence electrons. The lowest BCUT2D eigenvalue weighted by Gasteiger charge is -2.27. The Morgan fingerprint density at radius 3 is 2.92 bits per heavy atom. The molecule has 0 fully saturated rings. The molecule has 0 saturated carbocycles. The Kier molecular flexibility index (Phi) is 3.69. The van der Waals surface area contributed by atoms with E-state index in [1.165, 1.54) is 16.9 Å². The van der Waals surface area contributed by atoms with Crippen LogP contribution in [0.5, 0.6) is 0 Å². The van der Waals surface area contributed by atoms with E-state index in [-0.39, 0.29) is 12.1 Å². The van der Waals surface area contributed by atoms with Gasteiger partial charge in [0, 0.05) is 15.8 Å². The van der Waals surface area contributed by atoms with Gasteiger partial charge in [-0.05, 0) is 55.9 Å². The van der Waals surface area contributed by atoms with Crippen LogP contribution in [-0.4, -0.2) is 10.9 Å². The molecule has 6 heteroatoms. The highest BCUT2D eigenvalue weighted by Gasteiger charge is 2.33.